The van der Waals surface area contributed by atoms with Crippen molar-refractivity contribution >= 4 is 34.9 Å². The van der Waals surface area contributed by atoms with Crippen LogP contribution in [0, 0.1) is 10.1 Å². The maximum Gasteiger partial charge on any atom is 0.338 e. The normalized spacial score (nSPS) is 15.5. The third-order valence-corrected chi connectivity index (χ3v) is 4.50. The first-order valence-corrected chi connectivity index (χ1v) is 8.27. The number of nitro benzene ring substituents is 1. The number of halogens is 1. The van der Waals surface area contributed by atoms with Crippen LogP contribution in [0.15, 0.2) is 42.5 Å². The first-order valence-electron chi connectivity index (χ1n) is 7.89. The maximum atomic E-state index is 12.5. The Bertz CT molecular complexity index is 899. The van der Waals surface area contributed by atoms with E-state index in [1.807, 2.05) is 31.2 Å². The average molecular weight is 375 g/mol. The summed E-state index contributed by atoms with van der Waals surface area (Å²) in [6.45, 7) is 1.47. The van der Waals surface area contributed by atoms with Gasteiger partial charge in [-0.05, 0) is 37.1 Å². The largest absolute Gasteiger partial charge is 0.452 e. The zero-order valence-corrected chi connectivity index (χ0v) is 14.6. The number of nitro groups is 1. The van der Waals surface area contributed by atoms with Gasteiger partial charge in [0.2, 0.25) is 0 Å². The highest BCUT2D eigenvalue weighted by molar-refractivity contribution is 6.32. The Morgan fingerprint density at radius 1 is 1.31 bits per heavy atom. The Hall–Kier alpha value is -2.93. The van der Waals surface area contributed by atoms with Crippen LogP contribution in [0.2, 0.25) is 5.02 Å². The molecular formula is C18H15ClN2O5. The smallest absolute Gasteiger partial charge is 0.338 e. The third-order valence-electron chi connectivity index (χ3n) is 4.18. The maximum absolute atomic E-state index is 12.5. The third kappa shape index (κ3) is 3.39. The molecule has 0 spiro atoms. The summed E-state index contributed by atoms with van der Waals surface area (Å²) in [5.41, 5.74) is 1.44. The van der Waals surface area contributed by atoms with Crippen molar-refractivity contribution in [1.29, 1.82) is 0 Å². The van der Waals surface area contributed by atoms with Crippen LogP contribution in [0.1, 0.15) is 22.8 Å². The van der Waals surface area contributed by atoms with E-state index in [1.165, 1.54) is 12.1 Å². The number of anilines is 1. The van der Waals surface area contributed by atoms with Crippen LogP contribution < -0.4 is 4.90 Å². The van der Waals surface area contributed by atoms with Gasteiger partial charge in [-0.3, -0.25) is 14.9 Å². The van der Waals surface area contributed by atoms with Crippen LogP contribution in [0.4, 0.5) is 11.4 Å². The lowest BCUT2D eigenvalue weighted by Gasteiger charge is -2.22. The quantitative estimate of drug-likeness (QED) is 0.465. The number of fused-ring (bicyclic) bond motifs is 1. The number of rotatable bonds is 4. The average Bonchev–Trinajstić information content (AvgIpc) is 2.95. The number of benzene rings is 2. The second kappa shape index (κ2) is 7.13. The van der Waals surface area contributed by atoms with E-state index in [9.17, 15) is 19.7 Å². The first kappa shape index (κ1) is 17.9. The summed E-state index contributed by atoms with van der Waals surface area (Å²) in [5, 5.41) is 10.8. The molecule has 1 heterocycles. The number of amides is 1. The topological polar surface area (TPSA) is 89.8 Å². The van der Waals surface area contributed by atoms with Crippen LogP contribution in [0.3, 0.4) is 0 Å². The van der Waals surface area contributed by atoms with E-state index in [0.29, 0.717) is 0 Å². The van der Waals surface area contributed by atoms with Crippen molar-refractivity contribution in [3.05, 3.63) is 68.7 Å². The van der Waals surface area contributed by atoms with E-state index in [0.717, 1.165) is 23.7 Å². The molecule has 1 aliphatic rings. The van der Waals surface area contributed by atoms with Crippen LogP contribution in [-0.2, 0) is 16.0 Å². The summed E-state index contributed by atoms with van der Waals surface area (Å²) in [6.07, 6.45) is 0.735. The molecule has 0 saturated heterocycles. The number of hydrogen-bond acceptors (Lipinski definition) is 5. The van der Waals surface area contributed by atoms with Crippen LogP contribution in [0.25, 0.3) is 0 Å². The SMILES string of the molecule is CC1Cc2ccccc2N1C(=O)COC(=O)c1ccc(Cl)c([N+](=O)[O-])c1. The molecule has 1 unspecified atom stereocenters. The molecule has 26 heavy (non-hydrogen) atoms. The highest BCUT2D eigenvalue weighted by Gasteiger charge is 2.31. The zero-order valence-electron chi connectivity index (χ0n) is 13.8. The van der Waals surface area contributed by atoms with Crippen LogP contribution in [-0.4, -0.2) is 29.4 Å². The van der Waals surface area contributed by atoms with Crippen LogP contribution >= 0.6 is 11.6 Å². The molecule has 8 heteroatoms. The molecule has 2 aromatic rings. The fourth-order valence-electron chi connectivity index (χ4n) is 3.01. The van der Waals surface area contributed by atoms with Gasteiger partial charge in [-0.2, -0.15) is 0 Å². The minimum absolute atomic E-state index is 0.0322. The number of ether oxygens (including phenoxy) is 1. The van der Waals surface area contributed by atoms with E-state index in [2.05, 4.69) is 0 Å². The molecule has 0 bridgehead atoms. The van der Waals surface area contributed by atoms with Crippen molar-refractivity contribution in [3.8, 4) is 0 Å². The van der Waals surface area contributed by atoms with E-state index in [-0.39, 0.29) is 22.5 Å². The Morgan fingerprint density at radius 2 is 2.04 bits per heavy atom. The minimum atomic E-state index is -0.821. The first-order chi connectivity index (χ1) is 12.4. The Kier molecular flexibility index (Phi) is 4.90. The summed E-state index contributed by atoms with van der Waals surface area (Å²) in [5.74, 6) is -1.17. The molecule has 0 radical (unpaired) electrons. The molecule has 1 aliphatic heterocycles. The zero-order chi connectivity index (χ0) is 18.8. The van der Waals surface area contributed by atoms with Gasteiger partial charge in [0.05, 0.1) is 10.5 Å². The fraction of sp³-hybridized carbons (Fsp3) is 0.222. The minimum Gasteiger partial charge on any atom is -0.452 e. The van der Waals surface area contributed by atoms with Gasteiger partial charge in [0.1, 0.15) is 5.02 Å². The van der Waals surface area contributed by atoms with Gasteiger partial charge in [0.25, 0.3) is 11.6 Å². The van der Waals surface area contributed by atoms with E-state index < -0.39 is 23.2 Å². The molecule has 134 valence electrons. The van der Waals surface area contributed by atoms with Crippen molar-refractivity contribution < 1.29 is 19.2 Å². The lowest BCUT2D eigenvalue weighted by Crippen LogP contribution is -2.38. The molecule has 0 saturated carbocycles. The van der Waals surface area contributed by atoms with Crippen molar-refractivity contribution in [1.82, 2.24) is 0 Å². The predicted octanol–water partition coefficient (Wildman–Crippen LogP) is 3.38. The van der Waals surface area contributed by atoms with Crippen molar-refractivity contribution in [3.63, 3.8) is 0 Å². The Balaban J connectivity index is 1.69. The molecule has 0 fully saturated rings. The summed E-state index contributed by atoms with van der Waals surface area (Å²) in [4.78, 5) is 36.4. The molecular weight excluding hydrogens is 360 g/mol. The van der Waals surface area contributed by atoms with Gasteiger partial charge < -0.3 is 9.64 Å². The predicted molar refractivity (Wildman–Crippen MR) is 95.5 cm³/mol. The molecule has 0 N–H and O–H groups in total. The Morgan fingerprint density at radius 3 is 2.77 bits per heavy atom. The highest BCUT2D eigenvalue weighted by atomic mass is 35.5. The van der Waals surface area contributed by atoms with E-state index in [1.54, 1.807) is 4.90 Å². The van der Waals surface area contributed by atoms with Crippen molar-refractivity contribution in [2.24, 2.45) is 0 Å². The second-order valence-corrected chi connectivity index (χ2v) is 6.35. The van der Waals surface area contributed by atoms with E-state index >= 15 is 0 Å². The number of esters is 1. The number of nitrogens with zero attached hydrogens (tertiary/aromatic N) is 2. The standard InChI is InChI=1S/C18H15ClN2O5/c1-11-8-12-4-2-3-5-15(12)20(11)17(22)10-26-18(23)13-6-7-14(19)16(9-13)21(24)25/h2-7,9,11H,8,10H2,1H3. The molecule has 3 rings (SSSR count). The number of hydrogen-bond donors (Lipinski definition) is 0. The number of carbonyl (C=O) groups is 2. The molecule has 1 amide bonds. The molecule has 1 atom stereocenters. The van der Waals surface area contributed by atoms with Crippen LogP contribution in [0.5, 0.6) is 0 Å². The molecule has 0 aliphatic carbocycles. The summed E-state index contributed by atoms with van der Waals surface area (Å²) >= 11 is 5.72. The number of carbonyl (C=O) groups excluding carboxylic acids is 2. The summed E-state index contributed by atoms with van der Waals surface area (Å²) < 4.78 is 5.04. The van der Waals surface area contributed by atoms with Gasteiger partial charge in [0.15, 0.2) is 6.61 Å². The van der Waals surface area contributed by atoms with Crippen molar-refractivity contribution in [2.75, 3.05) is 11.5 Å². The summed E-state index contributed by atoms with van der Waals surface area (Å²) in [6, 6.07) is 11.1. The fourth-order valence-corrected chi connectivity index (χ4v) is 3.19. The monoisotopic (exact) mass is 374 g/mol. The van der Waals surface area contributed by atoms with Gasteiger partial charge in [-0.25, -0.2) is 4.79 Å². The molecule has 2 aromatic carbocycles. The van der Waals surface area contributed by atoms with Gasteiger partial charge in [-0.1, -0.05) is 29.8 Å². The lowest BCUT2D eigenvalue weighted by molar-refractivity contribution is -0.384. The molecule has 0 aromatic heterocycles. The lowest BCUT2D eigenvalue weighted by atomic mass is 10.1. The van der Waals surface area contributed by atoms with Crippen molar-refractivity contribution in [2.45, 2.75) is 19.4 Å². The van der Waals surface area contributed by atoms with Gasteiger partial charge in [0, 0.05) is 17.8 Å². The highest BCUT2D eigenvalue weighted by Crippen LogP contribution is 2.32. The number of para-hydroxylation sites is 1. The van der Waals surface area contributed by atoms with Gasteiger partial charge >= 0.3 is 5.97 Å². The second-order valence-electron chi connectivity index (χ2n) is 5.95. The van der Waals surface area contributed by atoms with Gasteiger partial charge in [-0.15, -0.1) is 0 Å². The van der Waals surface area contributed by atoms with E-state index in [4.69, 9.17) is 16.3 Å². The summed E-state index contributed by atoms with van der Waals surface area (Å²) in [7, 11) is 0. The Labute approximate surface area is 154 Å². The molecule has 7 nitrogen and oxygen atoms in total.